The summed E-state index contributed by atoms with van der Waals surface area (Å²) in [6.45, 7) is 0.418. The van der Waals surface area contributed by atoms with Gasteiger partial charge >= 0.3 is 12.0 Å². The lowest BCUT2D eigenvalue weighted by Gasteiger charge is -2.14. The normalized spacial score (nSPS) is 12.7. The molecular weight excluding hydrogens is 350 g/mol. The number of nitrogens with zero attached hydrogens (tertiary/aromatic N) is 1. The Bertz CT molecular complexity index is 873. The summed E-state index contributed by atoms with van der Waals surface area (Å²) >= 11 is 0. The zero-order valence-corrected chi connectivity index (χ0v) is 14.3. The zero-order chi connectivity index (χ0) is 19.4. The number of carboxylic acid groups (broad SMARTS) is 1. The van der Waals surface area contributed by atoms with Gasteiger partial charge in [0.05, 0.1) is 16.7 Å². The molecule has 4 amide bonds. The van der Waals surface area contributed by atoms with Crippen LogP contribution in [0.3, 0.4) is 0 Å². The summed E-state index contributed by atoms with van der Waals surface area (Å²) in [5.41, 5.74) is 1.66. The molecule has 1 aliphatic rings. The molecule has 1 aliphatic heterocycles. The van der Waals surface area contributed by atoms with E-state index in [1.807, 2.05) is 0 Å². The molecule has 0 spiro atoms. The maximum absolute atomic E-state index is 12.2. The van der Waals surface area contributed by atoms with E-state index in [1.165, 1.54) is 12.1 Å². The van der Waals surface area contributed by atoms with E-state index in [4.69, 9.17) is 5.11 Å². The number of benzene rings is 2. The Hall–Kier alpha value is -3.68. The highest BCUT2D eigenvalue weighted by atomic mass is 16.4. The third-order valence-corrected chi connectivity index (χ3v) is 4.15. The number of urea groups is 1. The van der Waals surface area contributed by atoms with Crippen LogP contribution in [0.25, 0.3) is 0 Å². The zero-order valence-electron chi connectivity index (χ0n) is 14.3. The number of hydrogen-bond donors (Lipinski definition) is 3. The summed E-state index contributed by atoms with van der Waals surface area (Å²) in [5.74, 6) is -1.74. The van der Waals surface area contributed by atoms with E-state index in [1.54, 1.807) is 36.4 Å². The van der Waals surface area contributed by atoms with Crippen molar-refractivity contribution in [1.29, 1.82) is 0 Å². The number of hydrogen-bond acceptors (Lipinski definition) is 4. The Balaban J connectivity index is 1.44. The molecule has 8 heteroatoms. The van der Waals surface area contributed by atoms with Gasteiger partial charge < -0.3 is 15.7 Å². The largest absolute Gasteiger partial charge is 0.478 e. The first-order valence-corrected chi connectivity index (χ1v) is 8.26. The minimum absolute atomic E-state index is 0.0765. The lowest BCUT2D eigenvalue weighted by Crippen LogP contribution is -2.41. The molecule has 1 heterocycles. The molecule has 0 aromatic heterocycles. The van der Waals surface area contributed by atoms with Gasteiger partial charge in [-0.25, -0.2) is 9.59 Å². The Morgan fingerprint density at radius 2 is 1.48 bits per heavy atom. The number of amides is 4. The van der Waals surface area contributed by atoms with E-state index in [0.29, 0.717) is 11.1 Å². The highest BCUT2D eigenvalue weighted by Gasteiger charge is 2.34. The molecule has 0 radical (unpaired) electrons. The molecule has 0 atom stereocenters. The van der Waals surface area contributed by atoms with Gasteiger partial charge in [-0.3, -0.25) is 14.5 Å². The molecule has 0 unspecified atom stereocenters. The molecule has 0 saturated carbocycles. The quantitative estimate of drug-likeness (QED) is 0.669. The molecule has 0 saturated heterocycles. The van der Waals surface area contributed by atoms with Gasteiger partial charge in [0.25, 0.3) is 11.8 Å². The van der Waals surface area contributed by atoms with Gasteiger partial charge in [-0.15, -0.1) is 0 Å². The van der Waals surface area contributed by atoms with Crippen LogP contribution in [0.15, 0.2) is 48.5 Å². The molecule has 2 aromatic carbocycles. The minimum atomic E-state index is -1.01. The van der Waals surface area contributed by atoms with Crippen molar-refractivity contribution in [3.63, 3.8) is 0 Å². The SMILES string of the molecule is O=C(NCCN1C(=O)c2ccccc2C1=O)NCc1ccc(C(=O)O)cc1. The van der Waals surface area contributed by atoms with E-state index < -0.39 is 12.0 Å². The van der Waals surface area contributed by atoms with Crippen LogP contribution in [-0.4, -0.2) is 46.9 Å². The highest BCUT2D eigenvalue weighted by Crippen LogP contribution is 2.21. The Labute approximate surface area is 154 Å². The molecule has 27 heavy (non-hydrogen) atoms. The highest BCUT2D eigenvalue weighted by molar-refractivity contribution is 6.21. The fourth-order valence-corrected chi connectivity index (χ4v) is 2.73. The summed E-state index contributed by atoms with van der Waals surface area (Å²) < 4.78 is 0. The maximum atomic E-state index is 12.2. The third kappa shape index (κ3) is 3.95. The average Bonchev–Trinajstić information content (AvgIpc) is 2.92. The monoisotopic (exact) mass is 367 g/mol. The van der Waals surface area contributed by atoms with Crippen molar-refractivity contribution >= 4 is 23.8 Å². The van der Waals surface area contributed by atoms with Crippen molar-refractivity contribution in [2.24, 2.45) is 0 Å². The van der Waals surface area contributed by atoms with Crippen molar-refractivity contribution in [2.45, 2.75) is 6.54 Å². The number of carbonyl (C=O) groups excluding carboxylic acids is 3. The van der Waals surface area contributed by atoms with Crippen molar-refractivity contribution < 1.29 is 24.3 Å². The average molecular weight is 367 g/mol. The Kier molecular flexibility index (Phi) is 5.16. The number of aromatic carboxylic acids is 1. The summed E-state index contributed by atoms with van der Waals surface area (Å²) in [6.07, 6.45) is 0. The van der Waals surface area contributed by atoms with Crippen LogP contribution < -0.4 is 10.6 Å². The number of carboxylic acids is 1. The van der Waals surface area contributed by atoms with Gasteiger partial charge in [-0.1, -0.05) is 24.3 Å². The molecule has 8 nitrogen and oxygen atoms in total. The van der Waals surface area contributed by atoms with Crippen molar-refractivity contribution in [3.05, 3.63) is 70.8 Å². The van der Waals surface area contributed by atoms with Crippen LogP contribution in [0, 0.1) is 0 Å². The summed E-state index contributed by atoms with van der Waals surface area (Å²) in [5, 5.41) is 14.1. The van der Waals surface area contributed by atoms with Crippen molar-refractivity contribution in [1.82, 2.24) is 15.5 Å². The fourth-order valence-electron chi connectivity index (χ4n) is 2.73. The molecule has 0 fully saturated rings. The molecule has 0 bridgehead atoms. The number of nitrogens with one attached hydrogen (secondary N) is 2. The first-order chi connectivity index (χ1) is 13.0. The first kappa shape index (κ1) is 18.1. The first-order valence-electron chi connectivity index (χ1n) is 8.26. The van der Waals surface area contributed by atoms with Gasteiger partial charge in [0.2, 0.25) is 0 Å². The number of carbonyl (C=O) groups is 4. The fraction of sp³-hybridized carbons (Fsp3) is 0.158. The van der Waals surface area contributed by atoms with Gasteiger partial charge in [0, 0.05) is 19.6 Å². The topological polar surface area (TPSA) is 116 Å². The standard InChI is InChI=1S/C19H17N3O5/c23-16-14-3-1-2-4-15(14)17(24)22(16)10-9-20-19(27)21-11-12-5-7-13(8-6-12)18(25)26/h1-8H,9-11H2,(H,25,26)(H2,20,21,27). The lowest BCUT2D eigenvalue weighted by atomic mass is 10.1. The molecule has 3 N–H and O–H groups in total. The molecule has 138 valence electrons. The van der Waals surface area contributed by atoms with Gasteiger partial charge in [-0.05, 0) is 29.8 Å². The molecular formula is C19H17N3O5. The van der Waals surface area contributed by atoms with E-state index in [-0.39, 0.29) is 37.0 Å². The van der Waals surface area contributed by atoms with Crippen LogP contribution in [0.5, 0.6) is 0 Å². The van der Waals surface area contributed by atoms with Crippen LogP contribution in [0.4, 0.5) is 4.79 Å². The number of imide groups is 1. The van der Waals surface area contributed by atoms with Gasteiger partial charge in [0.15, 0.2) is 0 Å². The third-order valence-electron chi connectivity index (χ3n) is 4.15. The molecule has 3 rings (SSSR count). The number of rotatable bonds is 6. The second-order valence-corrected chi connectivity index (χ2v) is 5.92. The van der Waals surface area contributed by atoms with Crippen LogP contribution in [0.1, 0.15) is 36.6 Å². The van der Waals surface area contributed by atoms with E-state index >= 15 is 0 Å². The summed E-state index contributed by atoms with van der Waals surface area (Å²) in [4.78, 5) is 48.1. The van der Waals surface area contributed by atoms with Crippen molar-refractivity contribution in [2.75, 3.05) is 13.1 Å². The van der Waals surface area contributed by atoms with Gasteiger partial charge in [-0.2, -0.15) is 0 Å². The minimum Gasteiger partial charge on any atom is -0.478 e. The van der Waals surface area contributed by atoms with E-state index in [2.05, 4.69) is 10.6 Å². The smallest absolute Gasteiger partial charge is 0.335 e. The predicted octanol–water partition coefficient (Wildman–Crippen LogP) is 1.48. The van der Waals surface area contributed by atoms with E-state index in [9.17, 15) is 19.2 Å². The second-order valence-electron chi connectivity index (χ2n) is 5.92. The lowest BCUT2D eigenvalue weighted by molar-refractivity contribution is 0.0652. The second kappa shape index (κ2) is 7.69. The number of fused-ring (bicyclic) bond motifs is 1. The Morgan fingerprint density at radius 1 is 0.889 bits per heavy atom. The maximum Gasteiger partial charge on any atom is 0.335 e. The molecule has 2 aromatic rings. The Morgan fingerprint density at radius 3 is 2.04 bits per heavy atom. The molecule has 0 aliphatic carbocycles. The van der Waals surface area contributed by atoms with Crippen LogP contribution >= 0.6 is 0 Å². The van der Waals surface area contributed by atoms with E-state index in [0.717, 1.165) is 10.5 Å². The summed E-state index contributed by atoms with van der Waals surface area (Å²) in [7, 11) is 0. The summed E-state index contributed by atoms with van der Waals surface area (Å²) in [6, 6.07) is 12.3. The van der Waals surface area contributed by atoms with Gasteiger partial charge in [0.1, 0.15) is 0 Å². The van der Waals surface area contributed by atoms with Crippen molar-refractivity contribution in [3.8, 4) is 0 Å². The predicted molar refractivity (Wildman–Crippen MR) is 95.4 cm³/mol. The van der Waals surface area contributed by atoms with Crippen LogP contribution in [0.2, 0.25) is 0 Å². The van der Waals surface area contributed by atoms with Crippen LogP contribution in [-0.2, 0) is 6.54 Å².